The van der Waals surface area contributed by atoms with Gasteiger partial charge in [-0.05, 0) is 25.9 Å². The summed E-state index contributed by atoms with van der Waals surface area (Å²) >= 11 is 0. The Morgan fingerprint density at radius 3 is 2.79 bits per heavy atom. The molecule has 1 aromatic rings. The number of hydrogen-bond donors (Lipinski definition) is 2. The molecule has 0 saturated carbocycles. The second-order valence-electron chi connectivity index (χ2n) is 4.54. The zero-order valence-electron chi connectivity index (χ0n) is 10.7. The third-order valence-corrected chi connectivity index (χ3v) is 3.20. The lowest BCUT2D eigenvalue weighted by atomic mass is 10.1. The van der Waals surface area contributed by atoms with Gasteiger partial charge in [0.2, 0.25) is 11.6 Å². The van der Waals surface area contributed by atoms with E-state index in [1.807, 2.05) is 0 Å². The highest BCUT2D eigenvalue weighted by atomic mass is 16.6. The number of likely N-dealkylation sites (tertiary alicyclic amines) is 1. The van der Waals surface area contributed by atoms with Crippen molar-refractivity contribution in [3.05, 3.63) is 16.4 Å². The Balaban J connectivity index is 1.92. The summed E-state index contributed by atoms with van der Waals surface area (Å²) in [5, 5.41) is 13.9. The number of rotatable bonds is 5. The van der Waals surface area contributed by atoms with E-state index in [1.165, 1.54) is 25.6 Å². The third-order valence-electron chi connectivity index (χ3n) is 3.20. The summed E-state index contributed by atoms with van der Waals surface area (Å²) < 4.78 is 0. The van der Waals surface area contributed by atoms with E-state index in [-0.39, 0.29) is 17.3 Å². The normalized spacial score (nSPS) is 16.2. The van der Waals surface area contributed by atoms with Crippen molar-refractivity contribution in [1.29, 1.82) is 0 Å². The second kappa shape index (κ2) is 6.28. The molecule has 2 rings (SSSR count). The number of nitrogens with two attached hydrogens (primary N) is 1. The van der Waals surface area contributed by atoms with Crippen LogP contribution in [0.4, 0.5) is 17.3 Å². The van der Waals surface area contributed by atoms with E-state index in [0.717, 1.165) is 19.6 Å². The highest BCUT2D eigenvalue weighted by Gasteiger charge is 2.20. The van der Waals surface area contributed by atoms with Gasteiger partial charge in [0, 0.05) is 13.1 Å². The number of nitrogens with one attached hydrogen (secondary N) is 1. The van der Waals surface area contributed by atoms with Crippen molar-refractivity contribution >= 4 is 17.3 Å². The molecule has 8 heteroatoms. The first-order valence-electron chi connectivity index (χ1n) is 6.39. The Bertz CT molecular complexity index is 447. The Kier molecular flexibility index (Phi) is 4.45. The predicted molar refractivity (Wildman–Crippen MR) is 71.9 cm³/mol. The molecule has 0 unspecified atom stereocenters. The van der Waals surface area contributed by atoms with Gasteiger partial charge in [-0.3, -0.25) is 10.1 Å². The zero-order chi connectivity index (χ0) is 13.7. The molecule has 0 atom stereocenters. The number of piperidine rings is 1. The summed E-state index contributed by atoms with van der Waals surface area (Å²) in [6, 6.07) is 0. The molecule has 0 aliphatic carbocycles. The molecule has 19 heavy (non-hydrogen) atoms. The van der Waals surface area contributed by atoms with Gasteiger partial charge in [0.25, 0.3) is 0 Å². The van der Waals surface area contributed by atoms with Crippen LogP contribution in [-0.4, -0.2) is 46.0 Å². The van der Waals surface area contributed by atoms with Gasteiger partial charge < -0.3 is 16.0 Å². The van der Waals surface area contributed by atoms with Gasteiger partial charge in [0.15, 0.2) is 0 Å². The van der Waals surface area contributed by atoms with Crippen LogP contribution < -0.4 is 11.1 Å². The lowest BCUT2D eigenvalue weighted by molar-refractivity contribution is -0.383. The first-order valence-corrected chi connectivity index (χ1v) is 6.39. The Morgan fingerprint density at radius 2 is 2.11 bits per heavy atom. The van der Waals surface area contributed by atoms with Crippen molar-refractivity contribution in [2.24, 2.45) is 0 Å². The molecule has 1 aliphatic rings. The average molecular weight is 266 g/mol. The number of nitrogens with zero attached hydrogens (tertiary/aromatic N) is 4. The van der Waals surface area contributed by atoms with Crippen LogP contribution in [0.15, 0.2) is 6.33 Å². The van der Waals surface area contributed by atoms with Gasteiger partial charge >= 0.3 is 5.69 Å². The lowest BCUT2D eigenvalue weighted by Gasteiger charge is -2.26. The SMILES string of the molecule is Nc1ncnc(NCCN2CCCCC2)c1[N+](=O)[O-]. The molecule has 8 nitrogen and oxygen atoms in total. The van der Waals surface area contributed by atoms with Crippen molar-refractivity contribution < 1.29 is 4.92 Å². The highest BCUT2D eigenvalue weighted by Crippen LogP contribution is 2.25. The first-order chi connectivity index (χ1) is 9.18. The summed E-state index contributed by atoms with van der Waals surface area (Å²) in [6.45, 7) is 3.64. The summed E-state index contributed by atoms with van der Waals surface area (Å²) in [7, 11) is 0. The van der Waals surface area contributed by atoms with Crippen LogP contribution in [0.3, 0.4) is 0 Å². The van der Waals surface area contributed by atoms with Gasteiger partial charge in [0.1, 0.15) is 6.33 Å². The number of nitrogen functional groups attached to an aromatic ring is 1. The van der Waals surface area contributed by atoms with Crippen LogP contribution in [0.1, 0.15) is 19.3 Å². The monoisotopic (exact) mass is 266 g/mol. The predicted octanol–water partition coefficient (Wildman–Crippen LogP) is 0.865. The molecule has 0 spiro atoms. The third kappa shape index (κ3) is 3.50. The molecule has 0 radical (unpaired) electrons. The van der Waals surface area contributed by atoms with Crippen LogP contribution in [-0.2, 0) is 0 Å². The lowest BCUT2D eigenvalue weighted by Crippen LogP contribution is -2.33. The largest absolute Gasteiger partial charge is 0.378 e. The van der Waals surface area contributed by atoms with Crippen molar-refractivity contribution in [3.8, 4) is 0 Å². The van der Waals surface area contributed by atoms with Gasteiger partial charge in [-0.2, -0.15) is 0 Å². The second-order valence-corrected chi connectivity index (χ2v) is 4.54. The maximum atomic E-state index is 10.9. The minimum Gasteiger partial charge on any atom is -0.378 e. The quantitative estimate of drug-likeness (QED) is 0.600. The molecule has 1 aliphatic heterocycles. The number of hydrogen-bond acceptors (Lipinski definition) is 7. The first kappa shape index (κ1) is 13.5. The molecule has 0 amide bonds. The van der Waals surface area contributed by atoms with E-state index < -0.39 is 4.92 Å². The number of aromatic nitrogens is 2. The minimum atomic E-state index is -0.557. The van der Waals surface area contributed by atoms with E-state index in [9.17, 15) is 10.1 Å². The molecule has 1 aromatic heterocycles. The van der Waals surface area contributed by atoms with Gasteiger partial charge in [-0.25, -0.2) is 9.97 Å². The fourth-order valence-electron chi connectivity index (χ4n) is 2.22. The molecular formula is C11H18N6O2. The fourth-order valence-corrected chi connectivity index (χ4v) is 2.22. The topological polar surface area (TPSA) is 110 Å². The molecule has 2 heterocycles. The van der Waals surface area contributed by atoms with Gasteiger partial charge in [-0.15, -0.1) is 0 Å². The van der Waals surface area contributed by atoms with Crippen LogP contribution in [0.5, 0.6) is 0 Å². The summed E-state index contributed by atoms with van der Waals surface area (Å²) in [5.74, 6) is 0.0787. The van der Waals surface area contributed by atoms with Crippen LogP contribution >= 0.6 is 0 Å². The summed E-state index contributed by atoms with van der Waals surface area (Å²) in [5.41, 5.74) is 5.24. The summed E-state index contributed by atoms with van der Waals surface area (Å²) in [6.07, 6.45) is 4.96. The van der Waals surface area contributed by atoms with E-state index in [1.54, 1.807) is 0 Å². The fraction of sp³-hybridized carbons (Fsp3) is 0.636. The Labute approximate surface area is 111 Å². The van der Waals surface area contributed by atoms with Crippen LogP contribution in [0.25, 0.3) is 0 Å². The van der Waals surface area contributed by atoms with Crippen LogP contribution in [0.2, 0.25) is 0 Å². The van der Waals surface area contributed by atoms with Crippen molar-refractivity contribution in [1.82, 2.24) is 14.9 Å². The molecule has 3 N–H and O–H groups in total. The molecule has 0 bridgehead atoms. The van der Waals surface area contributed by atoms with E-state index >= 15 is 0 Å². The Hall–Kier alpha value is -1.96. The molecule has 104 valence electrons. The van der Waals surface area contributed by atoms with Crippen molar-refractivity contribution in [3.63, 3.8) is 0 Å². The zero-order valence-corrected chi connectivity index (χ0v) is 10.7. The molecule has 1 fully saturated rings. The minimum absolute atomic E-state index is 0.111. The van der Waals surface area contributed by atoms with E-state index in [2.05, 4.69) is 20.2 Å². The Morgan fingerprint density at radius 1 is 1.37 bits per heavy atom. The standard InChI is InChI=1S/C11H18N6O2/c12-10-9(17(18)19)11(15-8-14-10)13-4-7-16-5-2-1-3-6-16/h8H,1-7H2,(H3,12,13,14,15). The summed E-state index contributed by atoms with van der Waals surface area (Å²) in [4.78, 5) is 20.2. The molecule has 0 aromatic carbocycles. The maximum Gasteiger partial charge on any atom is 0.352 e. The highest BCUT2D eigenvalue weighted by molar-refractivity contribution is 5.67. The smallest absolute Gasteiger partial charge is 0.352 e. The number of nitro groups is 1. The van der Waals surface area contributed by atoms with Crippen LogP contribution in [0, 0.1) is 10.1 Å². The van der Waals surface area contributed by atoms with Crippen molar-refractivity contribution in [2.75, 3.05) is 37.2 Å². The van der Waals surface area contributed by atoms with E-state index in [0.29, 0.717) is 6.54 Å². The van der Waals surface area contributed by atoms with Crippen molar-refractivity contribution in [2.45, 2.75) is 19.3 Å². The average Bonchev–Trinajstić information content (AvgIpc) is 2.39. The number of anilines is 2. The molecule has 1 saturated heterocycles. The van der Waals surface area contributed by atoms with E-state index in [4.69, 9.17) is 5.73 Å². The van der Waals surface area contributed by atoms with Gasteiger partial charge in [-0.1, -0.05) is 6.42 Å². The molecular weight excluding hydrogens is 248 g/mol. The van der Waals surface area contributed by atoms with Gasteiger partial charge in [0.05, 0.1) is 4.92 Å². The maximum absolute atomic E-state index is 10.9.